The minimum atomic E-state index is -0.369. The lowest BCUT2D eigenvalue weighted by Gasteiger charge is -2.26. The number of carbonyl (C=O) groups excluding carboxylic acids is 1. The first-order chi connectivity index (χ1) is 14.1. The lowest BCUT2D eigenvalue weighted by Crippen LogP contribution is -2.34. The van der Waals surface area contributed by atoms with E-state index in [1.165, 1.54) is 11.1 Å². The molecule has 1 unspecified atom stereocenters. The highest BCUT2D eigenvalue weighted by molar-refractivity contribution is 5.82. The van der Waals surface area contributed by atoms with Crippen molar-refractivity contribution in [1.82, 2.24) is 5.32 Å². The van der Waals surface area contributed by atoms with E-state index < -0.39 is 0 Å². The summed E-state index contributed by atoms with van der Waals surface area (Å²) in [4.78, 5) is 24.2. The molecule has 1 amide bonds. The standard InChI is InChI=1S/C24H25NO4/c1-2-6-17-13-24(27)29-22-14-18(11-12-20(17)22)28-15-23(26)25-21-10-5-8-16-7-3-4-9-19(16)21/h3-4,7,9,11-14,21H,2,5-6,8,10,15H2,1H3,(H,25,26). The molecule has 4 rings (SSSR count). The maximum atomic E-state index is 12.4. The average Bonchev–Trinajstić information content (AvgIpc) is 2.72. The molecule has 0 fully saturated rings. The van der Waals surface area contributed by atoms with Crippen LogP contribution in [0.15, 0.2) is 57.7 Å². The Balaban J connectivity index is 1.43. The van der Waals surface area contributed by atoms with Crippen LogP contribution in [-0.4, -0.2) is 12.5 Å². The number of hydrogen-bond acceptors (Lipinski definition) is 4. The molecule has 5 nitrogen and oxygen atoms in total. The van der Waals surface area contributed by atoms with Crippen molar-refractivity contribution in [3.63, 3.8) is 0 Å². The van der Waals surface area contributed by atoms with E-state index in [-0.39, 0.29) is 24.2 Å². The van der Waals surface area contributed by atoms with E-state index in [1.54, 1.807) is 12.1 Å². The number of rotatable bonds is 6. The Bertz CT molecular complexity index is 1090. The molecule has 29 heavy (non-hydrogen) atoms. The van der Waals surface area contributed by atoms with Crippen LogP contribution >= 0.6 is 0 Å². The fourth-order valence-electron chi connectivity index (χ4n) is 4.06. The van der Waals surface area contributed by atoms with Crippen LogP contribution in [0, 0.1) is 0 Å². The maximum absolute atomic E-state index is 12.4. The highest BCUT2D eigenvalue weighted by atomic mass is 16.5. The minimum absolute atomic E-state index is 0.0299. The van der Waals surface area contributed by atoms with E-state index in [0.29, 0.717) is 11.3 Å². The van der Waals surface area contributed by atoms with Crippen molar-refractivity contribution in [2.75, 3.05) is 6.61 Å². The normalized spacial score (nSPS) is 15.7. The molecule has 0 saturated carbocycles. The molecule has 1 aliphatic rings. The summed E-state index contributed by atoms with van der Waals surface area (Å²) in [6, 6.07) is 15.2. The van der Waals surface area contributed by atoms with Gasteiger partial charge in [-0.2, -0.15) is 0 Å². The molecule has 3 aromatic rings. The summed E-state index contributed by atoms with van der Waals surface area (Å²) in [6.45, 7) is 1.99. The Labute approximate surface area is 169 Å². The number of fused-ring (bicyclic) bond motifs is 2. The van der Waals surface area contributed by atoms with Gasteiger partial charge in [-0.25, -0.2) is 4.79 Å². The second-order valence-corrected chi connectivity index (χ2v) is 7.50. The Morgan fingerprint density at radius 3 is 2.93 bits per heavy atom. The fourth-order valence-corrected chi connectivity index (χ4v) is 4.06. The average molecular weight is 391 g/mol. The molecule has 1 aliphatic carbocycles. The molecule has 2 aromatic carbocycles. The van der Waals surface area contributed by atoms with Crippen molar-refractivity contribution in [1.29, 1.82) is 0 Å². The summed E-state index contributed by atoms with van der Waals surface area (Å²) in [5, 5.41) is 3.98. The summed E-state index contributed by atoms with van der Waals surface area (Å²) in [5.41, 5.74) is 3.59. The van der Waals surface area contributed by atoms with E-state index in [0.717, 1.165) is 43.1 Å². The van der Waals surface area contributed by atoms with Gasteiger partial charge < -0.3 is 14.5 Å². The minimum Gasteiger partial charge on any atom is -0.484 e. The third-order valence-corrected chi connectivity index (χ3v) is 5.40. The summed E-state index contributed by atoms with van der Waals surface area (Å²) in [5.74, 6) is 0.349. The quantitative estimate of drug-likeness (QED) is 0.636. The smallest absolute Gasteiger partial charge is 0.336 e. The van der Waals surface area contributed by atoms with Crippen LogP contribution in [0.5, 0.6) is 5.75 Å². The van der Waals surface area contributed by atoms with Gasteiger partial charge in [0, 0.05) is 17.5 Å². The van der Waals surface area contributed by atoms with Gasteiger partial charge in [-0.3, -0.25) is 4.79 Å². The Kier molecular flexibility index (Phi) is 5.65. The van der Waals surface area contributed by atoms with Crippen LogP contribution in [-0.2, 0) is 17.6 Å². The molecule has 1 N–H and O–H groups in total. The van der Waals surface area contributed by atoms with Crippen molar-refractivity contribution in [2.45, 2.75) is 45.1 Å². The first kappa shape index (κ1) is 19.2. The van der Waals surface area contributed by atoms with Crippen LogP contribution in [0.3, 0.4) is 0 Å². The third-order valence-electron chi connectivity index (χ3n) is 5.40. The number of carbonyl (C=O) groups is 1. The molecular weight excluding hydrogens is 366 g/mol. The van der Waals surface area contributed by atoms with Crippen molar-refractivity contribution in [3.8, 4) is 5.75 Å². The van der Waals surface area contributed by atoms with Gasteiger partial charge in [0.2, 0.25) is 0 Å². The van der Waals surface area contributed by atoms with Crippen LogP contribution in [0.1, 0.15) is 48.9 Å². The Hall–Kier alpha value is -3.08. The highest BCUT2D eigenvalue weighted by Crippen LogP contribution is 2.29. The number of benzene rings is 2. The van der Waals surface area contributed by atoms with Gasteiger partial charge in [0.1, 0.15) is 11.3 Å². The first-order valence-corrected chi connectivity index (χ1v) is 10.2. The molecular formula is C24H25NO4. The van der Waals surface area contributed by atoms with E-state index in [1.807, 2.05) is 24.3 Å². The summed E-state index contributed by atoms with van der Waals surface area (Å²) >= 11 is 0. The van der Waals surface area contributed by atoms with E-state index in [9.17, 15) is 9.59 Å². The van der Waals surface area contributed by atoms with Crippen LogP contribution in [0.4, 0.5) is 0 Å². The summed E-state index contributed by atoms with van der Waals surface area (Å²) < 4.78 is 11.0. The zero-order valence-electron chi connectivity index (χ0n) is 16.6. The van der Waals surface area contributed by atoms with Gasteiger partial charge in [0.15, 0.2) is 6.61 Å². The molecule has 0 aliphatic heterocycles. The van der Waals surface area contributed by atoms with Gasteiger partial charge in [0.25, 0.3) is 5.91 Å². The van der Waals surface area contributed by atoms with Crippen LogP contribution < -0.4 is 15.7 Å². The van der Waals surface area contributed by atoms with Gasteiger partial charge in [-0.05, 0) is 54.5 Å². The SMILES string of the molecule is CCCc1cc(=O)oc2cc(OCC(=O)NC3CCCc4ccccc43)ccc12. The molecule has 1 atom stereocenters. The molecule has 150 valence electrons. The first-order valence-electron chi connectivity index (χ1n) is 10.2. The van der Waals surface area contributed by atoms with Crippen LogP contribution in [0.25, 0.3) is 11.0 Å². The topological polar surface area (TPSA) is 68.5 Å². The number of nitrogens with one attached hydrogen (secondary N) is 1. The van der Waals surface area contributed by atoms with Gasteiger partial charge in [-0.15, -0.1) is 0 Å². The predicted octanol–water partition coefficient (Wildman–Crippen LogP) is 4.32. The van der Waals surface area contributed by atoms with Crippen molar-refractivity contribution < 1.29 is 13.9 Å². The van der Waals surface area contributed by atoms with Crippen molar-refractivity contribution in [2.24, 2.45) is 0 Å². The maximum Gasteiger partial charge on any atom is 0.336 e. The predicted molar refractivity (Wildman–Crippen MR) is 112 cm³/mol. The largest absolute Gasteiger partial charge is 0.484 e. The lowest BCUT2D eigenvalue weighted by atomic mass is 9.88. The molecule has 1 aromatic heterocycles. The zero-order chi connectivity index (χ0) is 20.2. The second-order valence-electron chi connectivity index (χ2n) is 7.50. The zero-order valence-corrected chi connectivity index (χ0v) is 16.6. The van der Waals surface area contributed by atoms with Gasteiger partial charge >= 0.3 is 5.63 Å². The van der Waals surface area contributed by atoms with Crippen molar-refractivity contribution in [3.05, 3.63) is 75.6 Å². The molecule has 5 heteroatoms. The Morgan fingerprint density at radius 1 is 1.21 bits per heavy atom. The second kappa shape index (κ2) is 8.52. The number of amides is 1. The van der Waals surface area contributed by atoms with E-state index >= 15 is 0 Å². The molecule has 0 bridgehead atoms. The fraction of sp³-hybridized carbons (Fsp3) is 0.333. The number of aryl methyl sites for hydroxylation is 2. The van der Waals surface area contributed by atoms with Crippen LogP contribution in [0.2, 0.25) is 0 Å². The molecule has 1 heterocycles. The van der Waals surface area contributed by atoms with Gasteiger partial charge in [-0.1, -0.05) is 37.6 Å². The Morgan fingerprint density at radius 2 is 2.07 bits per heavy atom. The van der Waals surface area contributed by atoms with E-state index in [2.05, 4.69) is 24.4 Å². The number of hydrogen-bond donors (Lipinski definition) is 1. The summed E-state index contributed by atoms with van der Waals surface area (Å²) in [7, 11) is 0. The van der Waals surface area contributed by atoms with Crippen molar-refractivity contribution >= 4 is 16.9 Å². The molecule has 0 saturated heterocycles. The number of ether oxygens (including phenoxy) is 1. The summed E-state index contributed by atoms with van der Waals surface area (Å²) in [6.07, 6.45) is 4.81. The molecule has 0 spiro atoms. The van der Waals surface area contributed by atoms with E-state index in [4.69, 9.17) is 9.15 Å². The van der Waals surface area contributed by atoms with Gasteiger partial charge in [0.05, 0.1) is 6.04 Å². The monoisotopic (exact) mass is 391 g/mol. The highest BCUT2D eigenvalue weighted by Gasteiger charge is 2.21. The molecule has 0 radical (unpaired) electrons. The lowest BCUT2D eigenvalue weighted by molar-refractivity contribution is -0.123. The third kappa shape index (κ3) is 4.34.